The Morgan fingerprint density at radius 2 is 1.62 bits per heavy atom. The van der Waals surface area contributed by atoms with Gasteiger partial charge in [-0.2, -0.15) is 0 Å². The number of carbonyl (C=O) groups excluding carboxylic acids is 2. The molecular formula is C20H30O4. The number of ether oxygens (including phenoxy) is 2. The zero-order valence-electron chi connectivity index (χ0n) is 15.2. The molecule has 1 rings (SSSR count). The molecular weight excluding hydrogens is 304 g/mol. The highest BCUT2D eigenvalue weighted by atomic mass is 16.5. The minimum Gasteiger partial charge on any atom is -0.462 e. The lowest BCUT2D eigenvalue weighted by molar-refractivity contribution is 0.0320. The molecule has 0 N–H and O–H groups in total. The summed E-state index contributed by atoms with van der Waals surface area (Å²) in [6, 6.07) is 6.54. The lowest BCUT2D eigenvalue weighted by Gasteiger charge is -2.13. The van der Waals surface area contributed by atoms with Gasteiger partial charge in [0.2, 0.25) is 0 Å². The van der Waals surface area contributed by atoms with Crippen LogP contribution in [0.2, 0.25) is 0 Å². The number of hydrogen-bond acceptors (Lipinski definition) is 4. The number of benzene rings is 1. The molecule has 4 nitrogen and oxygen atoms in total. The number of esters is 2. The highest BCUT2D eigenvalue weighted by Gasteiger charge is 2.14. The monoisotopic (exact) mass is 334 g/mol. The van der Waals surface area contributed by atoms with E-state index < -0.39 is 5.97 Å². The van der Waals surface area contributed by atoms with Gasteiger partial charge in [-0.1, -0.05) is 52.0 Å². The van der Waals surface area contributed by atoms with Crippen LogP contribution in [0, 0.1) is 0 Å². The molecule has 0 aliphatic heterocycles. The summed E-state index contributed by atoms with van der Waals surface area (Å²) in [5, 5.41) is 0. The first-order chi connectivity index (χ1) is 11.6. The van der Waals surface area contributed by atoms with Gasteiger partial charge in [-0.15, -0.1) is 0 Å². The standard InChI is InChI=1S/C20H30O4/c1-4-6-8-9-14-23-19(21)17-12-10-13-18(15-17)20(22)24-16(3)11-7-5-2/h10,12-13,15-16H,4-9,11,14H2,1-3H3. The van der Waals surface area contributed by atoms with Crippen LogP contribution in [0.5, 0.6) is 0 Å². The Labute approximate surface area is 145 Å². The molecule has 0 radical (unpaired) electrons. The summed E-state index contributed by atoms with van der Waals surface area (Å²) < 4.78 is 10.7. The quantitative estimate of drug-likeness (QED) is 0.414. The van der Waals surface area contributed by atoms with E-state index in [0.717, 1.165) is 44.9 Å². The molecule has 0 amide bonds. The van der Waals surface area contributed by atoms with E-state index in [-0.39, 0.29) is 12.1 Å². The van der Waals surface area contributed by atoms with Crippen molar-refractivity contribution >= 4 is 11.9 Å². The van der Waals surface area contributed by atoms with Gasteiger partial charge < -0.3 is 9.47 Å². The molecule has 0 spiro atoms. The Morgan fingerprint density at radius 3 is 2.29 bits per heavy atom. The molecule has 1 aromatic rings. The Hall–Kier alpha value is -1.84. The molecule has 0 aliphatic rings. The minimum absolute atomic E-state index is 0.119. The average Bonchev–Trinajstić information content (AvgIpc) is 2.59. The van der Waals surface area contributed by atoms with E-state index in [1.54, 1.807) is 24.3 Å². The van der Waals surface area contributed by atoms with E-state index in [2.05, 4.69) is 13.8 Å². The Balaban J connectivity index is 2.52. The van der Waals surface area contributed by atoms with E-state index in [1.165, 1.54) is 0 Å². The first-order valence-corrected chi connectivity index (χ1v) is 9.06. The van der Waals surface area contributed by atoms with Crippen LogP contribution in [0.15, 0.2) is 24.3 Å². The number of rotatable bonds is 11. The molecule has 1 atom stereocenters. The maximum atomic E-state index is 12.2. The van der Waals surface area contributed by atoms with Gasteiger partial charge in [0.05, 0.1) is 23.8 Å². The van der Waals surface area contributed by atoms with E-state index in [1.807, 2.05) is 6.92 Å². The van der Waals surface area contributed by atoms with E-state index in [0.29, 0.717) is 17.7 Å². The largest absolute Gasteiger partial charge is 0.462 e. The van der Waals surface area contributed by atoms with Crippen molar-refractivity contribution in [2.45, 2.75) is 71.8 Å². The van der Waals surface area contributed by atoms with Gasteiger partial charge >= 0.3 is 11.9 Å². The summed E-state index contributed by atoms with van der Waals surface area (Å²) in [6.07, 6.45) is 7.06. The zero-order valence-corrected chi connectivity index (χ0v) is 15.2. The summed E-state index contributed by atoms with van der Waals surface area (Å²) in [4.78, 5) is 24.2. The van der Waals surface area contributed by atoms with Crippen LogP contribution in [0.3, 0.4) is 0 Å². The third-order valence-electron chi connectivity index (χ3n) is 3.84. The third kappa shape index (κ3) is 7.62. The fourth-order valence-electron chi connectivity index (χ4n) is 2.35. The van der Waals surface area contributed by atoms with Gasteiger partial charge in [0.15, 0.2) is 0 Å². The SMILES string of the molecule is CCCCCCOC(=O)c1cccc(C(=O)OC(C)CCCC)c1. The van der Waals surface area contributed by atoms with Crippen LogP contribution in [0.4, 0.5) is 0 Å². The molecule has 0 aliphatic carbocycles. The van der Waals surface area contributed by atoms with Crippen LogP contribution in [-0.4, -0.2) is 24.6 Å². The first kappa shape index (κ1) is 20.2. The smallest absolute Gasteiger partial charge is 0.338 e. The second-order valence-electron chi connectivity index (χ2n) is 6.14. The molecule has 24 heavy (non-hydrogen) atoms. The second-order valence-corrected chi connectivity index (χ2v) is 6.14. The summed E-state index contributed by atoms with van der Waals surface area (Å²) in [6.45, 7) is 6.55. The predicted molar refractivity (Wildman–Crippen MR) is 95.3 cm³/mol. The van der Waals surface area contributed by atoms with Gasteiger partial charge in [0.25, 0.3) is 0 Å². The van der Waals surface area contributed by atoms with Gasteiger partial charge in [-0.25, -0.2) is 9.59 Å². The molecule has 1 unspecified atom stereocenters. The Bertz CT molecular complexity index is 510. The van der Waals surface area contributed by atoms with E-state index in [4.69, 9.17) is 9.47 Å². The highest BCUT2D eigenvalue weighted by Crippen LogP contribution is 2.12. The normalized spacial score (nSPS) is 11.8. The summed E-state index contributed by atoms with van der Waals surface area (Å²) >= 11 is 0. The fraction of sp³-hybridized carbons (Fsp3) is 0.600. The average molecular weight is 334 g/mol. The van der Waals surface area contributed by atoms with Gasteiger partial charge in [0.1, 0.15) is 0 Å². The number of carbonyl (C=O) groups is 2. The maximum absolute atomic E-state index is 12.2. The van der Waals surface area contributed by atoms with Crippen molar-refractivity contribution in [3.63, 3.8) is 0 Å². The van der Waals surface area contributed by atoms with Crippen molar-refractivity contribution in [2.75, 3.05) is 6.61 Å². The fourth-order valence-corrected chi connectivity index (χ4v) is 2.35. The van der Waals surface area contributed by atoms with Crippen LogP contribution >= 0.6 is 0 Å². The highest BCUT2D eigenvalue weighted by molar-refractivity contribution is 5.95. The Kier molecular flexibility index (Phi) is 9.81. The molecule has 0 saturated carbocycles. The van der Waals surface area contributed by atoms with Crippen molar-refractivity contribution in [1.82, 2.24) is 0 Å². The lowest BCUT2D eigenvalue weighted by Crippen LogP contribution is -2.15. The van der Waals surface area contributed by atoms with Crippen LogP contribution < -0.4 is 0 Å². The van der Waals surface area contributed by atoms with Gasteiger partial charge in [0, 0.05) is 0 Å². The molecule has 0 heterocycles. The first-order valence-electron chi connectivity index (χ1n) is 9.06. The lowest BCUT2D eigenvalue weighted by atomic mass is 10.1. The van der Waals surface area contributed by atoms with E-state index >= 15 is 0 Å². The van der Waals surface area contributed by atoms with Crippen molar-refractivity contribution < 1.29 is 19.1 Å². The topological polar surface area (TPSA) is 52.6 Å². The van der Waals surface area contributed by atoms with Crippen molar-refractivity contribution in [3.05, 3.63) is 35.4 Å². The van der Waals surface area contributed by atoms with Crippen molar-refractivity contribution in [1.29, 1.82) is 0 Å². The molecule has 0 aromatic heterocycles. The maximum Gasteiger partial charge on any atom is 0.338 e. The molecule has 134 valence electrons. The van der Waals surface area contributed by atoms with Crippen LogP contribution in [0.25, 0.3) is 0 Å². The summed E-state index contributed by atoms with van der Waals surface area (Å²) in [7, 11) is 0. The van der Waals surface area contributed by atoms with Crippen LogP contribution in [-0.2, 0) is 9.47 Å². The molecule has 4 heteroatoms. The Morgan fingerprint density at radius 1 is 0.958 bits per heavy atom. The number of hydrogen-bond donors (Lipinski definition) is 0. The van der Waals surface area contributed by atoms with Crippen molar-refractivity contribution in [2.24, 2.45) is 0 Å². The molecule has 0 saturated heterocycles. The second kappa shape index (κ2) is 11.7. The van der Waals surface area contributed by atoms with Crippen LogP contribution in [0.1, 0.15) is 86.4 Å². The van der Waals surface area contributed by atoms with Gasteiger partial charge in [-0.3, -0.25) is 0 Å². The summed E-state index contributed by atoms with van der Waals surface area (Å²) in [5.74, 6) is -0.781. The predicted octanol–water partition coefficient (Wildman–Crippen LogP) is 5.16. The molecule has 0 bridgehead atoms. The van der Waals surface area contributed by atoms with E-state index in [9.17, 15) is 9.59 Å². The zero-order chi connectivity index (χ0) is 17.8. The molecule has 1 aromatic carbocycles. The summed E-state index contributed by atoms with van der Waals surface area (Å²) in [5.41, 5.74) is 0.778. The third-order valence-corrected chi connectivity index (χ3v) is 3.84. The van der Waals surface area contributed by atoms with Crippen molar-refractivity contribution in [3.8, 4) is 0 Å². The number of unbranched alkanes of at least 4 members (excludes halogenated alkanes) is 4. The van der Waals surface area contributed by atoms with Gasteiger partial charge in [-0.05, 0) is 38.0 Å². The minimum atomic E-state index is -0.392. The molecule has 0 fully saturated rings.